The Hall–Kier alpha value is -3.10. The Morgan fingerprint density at radius 2 is 1.21 bits per heavy atom. The molecule has 1 atom stereocenters. The molecule has 2 aromatic carbocycles. The largest absolute Gasteiger partial charge is 0.497 e. The third-order valence-corrected chi connectivity index (χ3v) is 4.65. The number of aliphatic hydroxyl groups excluding tert-OH is 1. The van der Waals surface area contributed by atoms with Crippen molar-refractivity contribution in [3.8, 4) is 11.5 Å². The van der Waals surface area contributed by atoms with Crippen LogP contribution < -0.4 is 9.47 Å². The van der Waals surface area contributed by atoms with Gasteiger partial charge in [0.15, 0.2) is 6.10 Å². The molecule has 8 nitrogen and oxygen atoms in total. The highest BCUT2D eigenvalue weighted by Crippen LogP contribution is 2.14. The van der Waals surface area contributed by atoms with Crippen LogP contribution in [0.2, 0.25) is 0 Å². The highest BCUT2D eigenvalue weighted by molar-refractivity contribution is 6.32. The van der Waals surface area contributed by atoms with E-state index in [2.05, 4.69) is 11.6 Å². The molecule has 0 aliphatic carbocycles. The summed E-state index contributed by atoms with van der Waals surface area (Å²) in [5.74, 6) is -1.65. The van der Waals surface area contributed by atoms with Crippen LogP contribution in [0.15, 0.2) is 48.5 Å². The number of Topliss-reactive ketones (excluding diaryl/α,β-unsaturated/α-hetero) is 1. The van der Waals surface area contributed by atoms with Gasteiger partial charge in [0.05, 0.1) is 14.2 Å². The lowest BCUT2D eigenvalue weighted by molar-refractivity contribution is -0.149. The lowest BCUT2D eigenvalue weighted by Gasteiger charge is -2.05. The standard InChI is InChI=1S/C12H16O4.C12H14O4.CH3Cl/c2*1-16-10-7-5-9(6-8-10)3-2-4-11(13)12(14)15;1-2/h5-8,11,13H,2-4H2,1H3,(H,14,15);5-8H,2-4H2,1H3,(H,14,15);1H3/t11-;;/m1../s1. The molecule has 0 fully saturated rings. The molecule has 0 unspecified atom stereocenters. The second-order valence-corrected chi connectivity index (χ2v) is 7.02. The molecule has 0 aliphatic heterocycles. The summed E-state index contributed by atoms with van der Waals surface area (Å²) in [6.07, 6.45) is 3.25. The maximum absolute atomic E-state index is 10.8. The van der Waals surface area contributed by atoms with Crippen molar-refractivity contribution in [3.63, 3.8) is 0 Å². The van der Waals surface area contributed by atoms with E-state index >= 15 is 0 Å². The number of aliphatic carboxylic acids is 2. The van der Waals surface area contributed by atoms with Crippen LogP contribution in [-0.4, -0.2) is 59.7 Å². The van der Waals surface area contributed by atoms with E-state index in [-0.39, 0.29) is 12.8 Å². The molecule has 34 heavy (non-hydrogen) atoms. The summed E-state index contributed by atoms with van der Waals surface area (Å²) < 4.78 is 10.0. The summed E-state index contributed by atoms with van der Waals surface area (Å²) in [4.78, 5) is 31.4. The lowest BCUT2D eigenvalue weighted by Crippen LogP contribution is -2.19. The molecule has 0 saturated heterocycles. The number of carbonyl (C=O) groups excluding carboxylic acids is 1. The Labute approximate surface area is 205 Å². The number of benzene rings is 2. The topological polar surface area (TPSA) is 130 Å². The number of ether oxygens (including phenoxy) is 2. The van der Waals surface area contributed by atoms with Crippen LogP contribution in [0.4, 0.5) is 0 Å². The number of hydrogen-bond acceptors (Lipinski definition) is 6. The Kier molecular flexibility index (Phi) is 16.7. The zero-order chi connectivity index (χ0) is 25.9. The number of aryl methyl sites for hydroxylation is 2. The summed E-state index contributed by atoms with van der Waals surface area (Å²) in [5.41, 5.74) is 2.18. The Bertz CT molecular complexity index is 850. The van der Waals surface area contributed by atoms with Gasteiger partial charge in [-0.05, 0) is 67.5 Å². The molecular formula is C25H33ClO8. The predicted octanol–water partition coefficient (Wildman–Crippen LogP) is 3.99. The predicted molar refractivity (Wildman–Crippen MR) is 130 cm³/mol. The molecule has 188 valence electrons. The van der Waals surface area contributed by atoms with Gasteiger partial charge in [0.2, 0.25) is 5.78 Å². The number of ketones is 1. The van der Waals surface area contributed by atoms with Gasteiger partial charge in [0, 0.05) is 12.8 Å². The molecule has 0 amide bonds. The summed E-state index contributed by atoms with van der Waals surface area (Å²) in [6.45, 7) is 0. The molecule has 0 aromatic heterocycles. The zero-order valence-electron chi connectivity index (χ0n) is 19.7. The molecule has 2 aromatic rings. The number of aliphatic hydroxyl groups is 1. The van der Waals surface area contributed by atoms with Crippen LogP contribution in [0.3, 0.4) is 0 Å². The van der Waals surface area contributed by atoms with Crippen LogP contribution in [0.5, 0.6) is 11.5 Å². The SMILES string of the molecule is CCl.COc1ccc(CCCC(=O)C(=O)O)cc1.COc1ccc(CCC[C@@H](O)C(=O)O)cc1. The third kappa shape index (κ3) is 13.4. The Balaban J connectivity index is 0.000000597. The number of carboxylic acids is 2. The highest BCUT2D eigenvalue weighted by atomic mass is 35.5. The first-order valence-corrected chi connectivity index (χ1v) is 11.3. The molecule has 3 N–H and O–H groups in total. The first kappa shape index (κ1) is 30.9. The van der Waals surface area contributed by atoms with Crippen LogP contribution >= 0.6 is 11.6 Å². The summed E-state index contributed by atoms with van der Waals surface area (Å²) in [5, 5.41) is 25.9. The van der Waals surface area contributed by atoms with Gasteiger partial charge in [0.1, 0.15) is 11.5 Å². The number of alkyl halides is 1. The van der Waals surface area contributed by atoms with Gasteiger partial charge in [0.25, 0.3) is 0 Å². The van der Waals surface area contributed by atoms with Gasteiger partial charge >= 0.3 is 11.9 Å². The monoisotopic (exact) mass is 496 g/mol. The zero-order valence-corrected chi connectivity index (χ0v) is 20.5. The fraction of sp³-hybridized carbons (Fsp3) is 0.400. The van der Waals surface area contributed by atoms with E-state index in [9.17, 15) is 14.4 Å². The fourth-order valence-corrected chi connectivity index (χ4v) is 2.77. The molecule has 2 rings (SSSR count). The van der Waals surface area contributed by atoms with Crippen molar-refractivity contribution in [2.24, 2.45) is 0 Å². The van der Waals surface area contributed by atoms with Gasteiger partial charge in [-0.2, -0.15) is 0 Å². The fourth-order valence-electron chi connectivity index (χ4n) is 2.77. The Morgan fingerprint density at radius 1 is 0.794 bits per heavy atom. The average Bonchev–Trinajstić information content (AvgIpc) is 2.86. The van der Waals surface area contributed by atoms with E-state index < -0.39 is 23.8 Å². The maximum atomic E-state index is 10.8. The average molecular weight is 497 g/mol. The normalized spacial score (nSPS) is 10.5. The van der Waals surface area contributed by atoms with Crippen molar-refractivity contribution in [1.29, 1.82) is 0 Å². The van der Waals surface area contributed by atoms with Gasteiger partial charge in [-0.1, -0.05) is 24.3 Å². The molecule has 0 saturated carbocycles. The molecule has 0 aliphatic rings. The van der Waals surface area contributed by atoms with Gasteiger partial charge in [-0.3, -0.25) is 4.79 Å². The minimum Gasteiger partial charge on any atom is -0.497 e. The second-order valence-electron chi connectivity index (χ2n) is 7.02. The van der Waals surface area contributed by atoms with Crippen molar-refractivity contribution >= 4 is 29.3 Å². The smallest absolute Gasteiger partial charge is 0.372 e. The number of hydrogen-bond donors (Lipinski definition) is 3. The minimum atomic E-state index is -1.35. The van der Waals surface area contributed by atoms with Gasteiger partial charge in [-0.25, -0.2) is 9.59 Å². The van der Waals surface area contributed by atoms with Crippen molar-refractivity contribution in [3.05, 3.63) is 59.7 Å². The third-order valence-electron chi connectivity index (χ3n) is 4.65. The number of carbonyl (C=O) groups is 3. The number of halogens is 1. The van der Waals surface area contributed by atoms with E-state index in [1.807, 2.05) is 48.5 Å². The molecular weight excluding hydrogens is 464 g/mol. The molecule has 0 spiro atoms. The minimum absolute atomic E-state index is 0.0847. The number of methoxy groups -OCH3 is 2. The molecule has 9 heteroatoms. The first-order chi connectivity index (χ1) is 16.3. The van der Waals surface area contributed by atoms with Gasteiger partial charge in [-0.15, -0.1) is 11.6 Å². The van der Waals surface area contributed by atoms with E-state index in [4.69, 9.17) is 24.8 Å². The molecule has 0 radical (unpaired) electrons. The summed E-state index contributed by atoms with van der Waals surface area (Å²) >= 11 is 4.64. The van der Waals surface area contributed by atoms with Crippen molar-refractivity contribution < 1.29 is 39.2 Å². The van der Waals surface area contributed by atoms with Crippen LogP contribution in [0.25, 0.3) is 0 Å². The highest BCUT2D eigenvalue weighted by Gasteiger charge is 2.12. The van der Waals surface area contributed by atoms with E-state index in [1.54, 1.807) is 14.2 Å². The summed E-state index contributed by atoms with van der Waals surface area (Å²) in [7, 11) is 3.21. The van der Waals surface area contributed by atoms with Crippen LogP contribution in [0.1, 0.15) is 36.8 Å². The molecule has 0 heterocycles. The van der Waals surface area contributed by atoms with Crippen molar-refractivity contribution in [2.45, 2.75) is 44.6 Å². The van der Waals surface area contributed by atoms with E-state index in [0.717, 1.165) is 29.0 Å². The lowest BCUT2D eigenvalue weighted by atomic mass is 10.1. The quantitative estimate of drug-likeness (QED) is 0.297. The van der Waals surface area contributed by atoms with Crippen LogP contribution in [0, 0.1) is 0 Å². The Morgan fingerprint density at radius 3 is 1.56 bits per heavy atom. The first-order valence-electron chi connectivity index (χ1n) is 10.6. The second kappa shape index (κ2) is 18.3. The summed E-state index contributed by atoms with van der Waals surface area (Å²) in [6, 6.07) is 15.1. The number of carboxylic acid groups (broad SMARTS) is 2. The number of rotatable bonds is 12. The van der Waals surface area contributed by atoms with Crippen molar-refractivity contribution in [2.75, 3.05) is 20.6 Å². The maximum Gasteiger partial charge on any atom is 0.372 e. The van der Waals surface area contributed by atoms with Gasteiger partial charge < -0.3 is 24.8 Å². The van der Waals surface area contributed by atoms with Crippen LogP contribution in [-0.2, 0) is 27.2 Å². The molecule has 0 bridgehead atoms. The van der Waals surface area contributed by atoms with Crippen molar-refractivity contribution in [1.82, 2.24) is 0 Å². The van der Waals surface area contributed by atoms with E-state index in [0.29, 0.717) is 19.3 Å². The van der Waals surface area contributed by atoms with E-state index in [1.165, 1.54) is 6.38 Å².